The molecule has 0 fully saturated rings. The Hall–Kier alpha value is -2.44. The first kappa shape index (κ1) is 15.6. The second kappa shape index (κ2) is 8.68. The first-order chi connectivity index (χ1) is 8.45. The lowest BCUT2D eigenvalue weighted by Crippen LogP contribution is -2.09. The minimum Gasteiger partial charge on any atom is -0.478 e. The van der Waals surface area contributed by atoms with Crippen LogP contribution in [0.15, 0.2) is 24.3 Å². The highest BCUT2D eigenvalue weighted by molar-refractivity contribution is 6.00. The number of carbonyl (C=O) groups is 4. The van der Waals surface area contributed by atoms with Crippen LogP contribution < -0.4 is 0 Å². The summed E-state index contributed by atoms with van der Waals surface area (Å²) in [6.45, 7) is 2.03. The third-order valence-corrected chi connectivity index (χ3v) is 1.37. The highest BCUT2D eigenvalue weighted by Crippen LogP contribution is 1.89. The summed E-state index contributed by atoms with van der Waals surface area (Å²) in [6.07, 6.45) is 3.26. The molecule has 0 spiro atoms. The van der Waals surface area contributed by atoms with E-state index < -0.39 is 23.9 Å². The van der Waals surface area contributed by atoms with Crippen LogP contribution in [0.5, 0.6) is 0 Å². The zero-order valence-electron chi connectivity index (χ0n) is 9.62. The van der Waals surface area contributed by atoms with Crippen LogP contribution in [0.3, 0.4) is 0 Å². The Labute approximate surface area is 103 Å². The zero-order chi connectivity index (χ0) is 14.0. The molecule has 0 amide bonds. The van der Waals surface area contributed by atoms with E-state index in [4.69, 9.17) is 5.11 Å². The van der Waals surface area contributed by atoms with Crippen LogP contribution in [-0.2, 0) is 28.7 Å². The third-order valence-electron chi connectivity index (χ3n) is 1.37. The standard InChI is InChI=1S/C11H12O7/c1-2-7-17-9(14)5-6-11(16)18-10(15)4-3-8(12)13/h3-6H,2,7H2,1H3,(H,12,13)/b4-3-,6-5-. The molecule has 0 aliphatic carbocycles. The van der Waals surface area contributed by atoms with Gasteiger partial charge < -0.3 is 14.6 Å². The molecule has 0 aliphatic heterocycles. The van der Waals surface area contributed by atoms with Crippen molar-refractivity contribution in [2.24, 2.45) is 0 Å². The molecule has 0 aromatic carbocycles. The SMILES string of the molecule is CCCOC(=O)/C=C\C(=O)OC(=O)/C=C\C(=O)O. The van der Waals surface area contributed by atoms with Crippen molar-refractivity contribution >= 4 is 23.9 Å². The molecule has 0 aromatic heterocycles. The summed E-state index contributed by atoms with van der Waals surface area (Å²) in [6, 6.07) is 0. The van der Waals surface area contributed by atoms with Gasteiger partial charge in [-0.3, -0.25) is 0 Å². The molecule has 0 rings (SSSR count). The van der Waals surface area contributed by atoms with Gasteiger partial charge in [0.05, 0.1) is 6.61 Å². The number of rotatable bonds is 6. The maximum atomic E-state index is 11.0. The average Bonchev–Trinajstić information content (AvgIpc) is 2.31. The van der Waals surface area contributed by atoms with Gasteiger partial charge in [-0.2, -0.15) is 0 Å². The molecule has 0 saturated heterocycles. The Kier molecular flexibility index (Phi) is 7.51. The molecule has 98 valence electrons. The first-order valence-electron chi connectivity index (χ1n) is 4.97. The molecule has 0 atom stereocenters. The predicted octanol–water partition coefficient (Wildman–Crippen LogP) is 0.206. The second-order valence-electron chi connectivity index (χ2n) is 2.91. The number of carboxylic acids is 1. The fourth-order valence-corrected chi connectivity index (χ4v) is 0.693. The molecule has 7 nitrogen and oxygen atoms in total. The van der Waals surface area contributed by atoms with Crippen molar-refractivity contribution in [2.75, 3.05) is 6.61 Å². The lowest BCUT2D eigenvalue weighted by Gasteiger charge is -1.97. The van der Waals surface area contributed by atoms with Gasteiger partial charge in [0, 0.05) is 24.3 Å². The van der Waals surface area contributed by atoms with Gasteiger partial charge in [0.1, 0.15) is 0 Å². The van der Waals surface area contributed by atoms with Crippen molar-refractivity contribution in [2.45, 2.75) is 13.3 Å². The highest BCUT2D eigenvalue weighted by Gasteiger charge is 2.05. The maximum Gasteiger partial charge on any atom is 0.338 e. The largest absolute Gasteiger partial charge is 0.478 e. The molecule has 0 aliphatic rings. The number of esters is 3. The molecule has 0 radical (unpaired) electrons. The van der Waals surface area contributed by atoms with Crippen molar-refractivity contribution in [1.82, 2.24) is 0 Å². The van der Waals surface area contributed by atoms with E-state index >= 15 is 0 Å². The minimum atomic E-state index is -1.35. The average molecular weight is 256 g/mol. The van der Waals surface area contributed by atoms with Gasteiger partial charge in [0.15, 0.2) is 0 Å². The van der Waals surface area contributed by atoms with Gasteiger partial charge >= 0.3 is 23.9 Å². The Morgan fingerprint density at radius 1 is 0.944 bits per heavy atom. The summed E-state index contributed by atoms with van der Waals surface area (Å²) in [4.78, 5) is 42.8. The summed E-state index contributed by atoms with van der Waals surface area (Å²) in [5.41, 5.74) is 0. The van der Waals surface area contributed by atoms with Gasteiger partial charge in [0.25, 0.3) is 0 Å². The molecule has 7 heteroatoms. The molecule has 0 unspecified atom stereocenters. The number of carboxylic acid groups (broad SMARTS) is 1. The Bertz CT molecular complexity index is 392. The van der Waals surface area contributed by atoms with Gasteiger partial charge in [-0.1, -0.05) is 6.92 Å². The van der Waals surface area contributed by atoms with E-state index in [0.717, 1.165) is 6.08 Å². The molecule has 18 heavy (non-hydrogen) atoms. The van der Waals surface area contributed by atoms with Crippen LogP contribution in [0.2, 0.25) is 0 Å². The molecule has 0 bridgehead atoms. The molecule has 0 saturated carbocycles. The van der Waals surface area contributed by atoms with Crippen molar-refractivity contribution in [3.8, 4) is 0 Å². The van der Waals surface area contributed by atoms with Crippen LogP contribution in [0.4, 0.5) is 0 Å². The van der Waals surface area contributed by atoms with Crippen LogP contribution in [0.25, 0.3) is 0 Å². The van der Waals surface area contributed by atoms with E-state index in [0.29, 0.717) is 24.6 Å². The van der Waals surface area contributed by atoms with E-state index in [2.05, 4.69) is 9.47 Å². The van der Waals surface area contributed by atoms with Gasteiger partial charge in [0.2, 0.25) is 0 Å². The third kappa shape index (κ3) is 8.84. The molecule has 0 aromatic rings. The van der Waals surface area contributed by atoms with Gasteiger partial charge in [-0.25, -0.2) is 19.2 Å². The number of hydrogen-bond acceptors (Lipinski definition) is 6. The minimum absolute atomic E-state index is 0.221. The van der Waals surface area contributed by atoms with Crippen LogP contribution in [0.1, 0.15) is 13.3 Å². The topological polar surface area (TPSA) is 107 Å². The number of ether oxygens (including phenoxy) is 2. The van der Waals surface area contributed by atoms with Crippen LogP contribution in [-0.4, -0.2) is 35.6 Å². The van der Waals surface area contributed by atoms with Crippen LogP contribution >= 0.6 is 0 Å². The van der Waals surface area contributed by atoms with Gasteiger partial charge in [-0.15, -0.1) is 0 Å². The Morgan fingerprint density at radius 2 is 1.44 bits per heavy atom. The molecule has 1 N–H and O–H groups in total. The lowest BCUT2D eigenvalue weighted by atomic mass is 10.4. The van der Waals surface area contributed by atoms with Gasteiger partial charge in [-0.05, 0) is 6.42 Å². The zero-order valence-corrected chi connectivity index (χ0v) is 9.62. The molecular weight excluding hydrogens is 244 g/mol. The quantitative estimate of drug-likeness (QED) is 0.411. The van der Waals surface area contributed by atoms with E-state index in [9.17, 15) is 19.2 Å². The van der Waals surface area contributed by atoms with Crippen molar-refractivity contribution < 1.29 is 33.8 Å². The fourth-order valence-electron chi connectivity index (χ4n) is 0.693. The Balaban J connectivity index is 4.11. The second-order valence-corrected chi connectivity index (χ2v) is 2.91. The van der Waals surface area contributed by atoms with Crippen molar-refractivity contribution in [3.63, 3.8) is 0 Å². The lowest BCUT2D eigenvalue weighted by molar-refractivity contribution is -0.153. The Morgan fingerprint density at radius 3 is 1.94 bits per heavy atom. The van der Waals surface area contributed by atoms with E-state index in [1.165, 1.54) is 0 Å². The molecular formula is C11H12O7. The summed E-state index contributed by atoms with van der Waals surface area (Å²) < 4.78 is 8.75. The summed E-state index contributed by atoms with van der Waals surface area (Å²) in [7, 11) is 0. The summed E-state index contributed by atoms with van der Waals surface area (Å²) in [5.74, 6) is -4.32. The van der Waals surface area contributed by atoms with E-state index in [1.54, 1.807) is 6.92 Å². The normalized spacial score (nSPS) is 10.5. The van der Waals surface area contributed by atoms with E-state index in [1.807, 2.05) is 0 Å². The fraction of sp³-hybridized carbons (Fsp3) is 0.273. The number of hydrogen-bond donors (Lipinski definition) is 1. The summed E-state index contributed by atoms with van der Waals surface area (Å²) in [5, 5.41) is 8.20. The molecule has 0 heterocycles. The number of aliphatic carboxylic acids is 1. The predicted molar refractivity (Wildman–Crippen MR) is 58.3 cm³/mol. The monoisotopic (exact) mass is 256 g/mol. The number of carbonyl (C=O) groups excluding carboxylic acids is 3. The van der Waals surface area contributed by atoms with Crippen molar-refractivity contribution in [3.05, 3.63) is 24.3 Å². The smallest absolute Gasteiger partial charge is 0.338 e. The van der Waals surface area contributed by atoms with E-state index in [-0.39, 0.29) is 6.61 Å². The summed E-state index contributed by atoms with van der Waals surface area (Å²) >= 11 is 0. The maximum absolute atomic E-state index is 11.0. The van der Waals surface area contributed by atoms with Crippen molar-refractivity contribution in [1.29, 1.82) is 0 Å². The first-order valence-corrected chi connectivity index (χ1v) is 4.97. The van der Waals surface area contributed by atoms with Crippen LogP contribution in [0, 0.1) is 0 Å². The highest BCUT2D eigenvalue weighted by atomic mass is 16.6.